The van der Waals surface area contributed by atoms with Crippen molar-refractivity contribution in [3.8, 4) is 0 Å². The summed E-state index contributed by atoms with van der Waals surface area (Å²) in [6.45, 7) is 6.41. The van der Waals surface area contributed by atoms with E-state index in [-0.39, 0.29) is 12.0 Å². The van der Waals surface area contributed by atoms with Crippen molar-refractivity contribution in [1.82, 2.24) is 20.2 Å². The molecule has 0 aliphatic carbocycles. The van der Waals surface area contributed by atoms with Crippen molar-refractivity contribution in [1.29, 1.82) is 0 Å². The van der Waals surface area contributed by atoms with Crippen LogP contribution in [0.1, 0.15) is 20.9 Å². The highest BCUT2D eigenvalue weighted by Gasteiger charge is 2.43. The van der Waals surface area contributed by atoms with Gasteiger partial charge in [0.2, 0.25) is 0 Å². The summed E-state index contributed by atoms with van der Waals surface area (Å²) in [5, 5.41) is 3.05. The van der Waals surface area contributed by atoms with Crippen molar-refractivity contribution in [2.24, 2.45) is 11.8 Å². The molecule has 1 N–H and O–H groups in total. The maximum Gasteiger partial charge on any atom is 0.251 e. The summed E-state index contributed by atoms with van der Waals surface area (Å²) >= 11 is 1.72. The number of amides is 1. The number of nitrogens with one attached hydrogen (secondary N) is 1. The minimum absolute atomic E-state index is 0.0408. The van der Waals surface area contributed by atoms with Crippen molar-refractivity contribution in [3.63, 3.8) is 0 Å². The van der Waals surface area contributed by atoms with E-state index in [0.29, 0.717) is 23.9 Å². The van der Waals surface area contributed by atoms with Gasteiger partial charge in [-0.25, -0.2) is 4.98 Å². The molecule has 4 heterocycles. The molecule has 4 rings (SSSR count). The molecule has 0 bridgehead atoms. The number of ether oxygens (including phenoxy) is 1. The van der Waals surface area contributed by atoms with Gasteiger partial charge in [-0.1, -0.05) is 0 Å². The lowest BCUT2D eigenvalue weighted by atomic mass is 9.93. The summed E-state index contributed by atoms with van der Waals surface area (Å²) in [7, 11) is 0. The highest BCUT2D eigenvalue weighted by atomic mass is 32.1. The number of hydrogen-bond donors (Lipinski definition) is 1. The van der Waals surface area contributed by atoms with Gasteiger partial charge in [-0.2, -0.15) is 0 Å². The molecule has 2 aliphatic heterocycles. The molecule has 2 saturated heterocycles. The lowest BCUT2D eigenvalue weighted by Gasteiger charge is -2.19. The first-order chi connectivity index (χ1) is 12.2. The first-order valence-electron chi connectivity index (χ1n) is 8.62. The third kappa shape index (κ3) is 3.58. The van der Waals surface area contributed by atoms with Crippen LogP contribution in [0.2, 0.25) is 0 Å². The standard InChI is InChI=1S/C18H22N4O2S/c1-12-17(25-11-21-12)9-22-7-15-14(10-24-16(15)8-22)6-20-18(23)13-2-4-19-5-3-13/h2-5,11,14-16H,6-10H2,1H3,(H,20,23)/t14-,15-,16-/m1/s1. The van der Waals surface area contributed by atoms with Gasteiger partial charge < -0.3 is 10.1 Å². The van der Waals surface area contributed by atoms with Gasteiger partial charge in [-0.3, -0.25) is 14.7 Å². The van der Waals surface area contributed by atoms with Crippen LogP contribution in [0.25, 0.3) is 0 Å². The summed E-state index contributed by atoms with van der Waals surface area (Å²) in [5.74, 6) is 0.829. The van der Waals surface area contributed by atoms with E-state index in [4.69, 9.17) is 4.74 Å². The van der Waals surface area contributed by atoms with E-state index in [2.05, 4.69) is 27.1 Å². The number of aryl methyl sites for hydroxylation is 1. The van der Waals surface area contributed by atoms with E-state index < -0.39 is 0 Å². The Morgan fingerprint density at radius 3 is 3.00 bits per heavy atom. The van der Waals surface area contributed by atoms with Crippen molar-refractivity contribution >= 4 is 17.2 Å². The molecular weight excluding hydrogens is 336 g/mol. The lowest BCUT2D eigenvalue weighted by Crippen LogP contribution is -2.34. The van der Waals surface area contributed by atoms with Gasteiger partial charge in [0.1, 0.15) is 0 Å². The SMILES string of the molecule is Cc1ncsc1CN1C[C@@H]2[C@H](CNC(=O)c3ccncc3)CO[C@@H]2C1. The van der Waals surface area contributed by atoms with Gasteiger partial charge in [0, 0.05) is 60.8 Å². The van der Waals surface area contributed by atoms with E-state index in [1.165, 1.54) is 4.88 Å². The molecule has 6 nitrogen and oxygen atoms in total. The van der Waals surface area contributed by atoms with Gasteiger partial charge in [0.15, 0.2) is 0 Å². The Hall–Kier alpha value is -1.83. The largest absolute Gasteiger partial charge is 0.376 e. The molecule has 2 aromatic heterocycles. The van der Waals surface area contributed by atoms with E-state index in [0.717, 1.165) is 31.9 Å². The van der Waals surface area contributed by atoms with Crippen LogP contribution in [-0.4, -0.2) is 53.1 Å². The number of pyridine rings is 1. The fourth-order valence-corrected chi connectivity index (χ4v) is 4.55. The molecular formula is C18H22N4O2S. The van der Waals surface area contributed by atoms with E-state index in [1.54, 1.807) is 35.9 Å². The van der Waals surface area contributed by atoms with E-state index in [9.17, 15) is 4.79 Å². The number of thiazole rings is 1. The first kappa shape index (κ1) is 16.6. The molecule has 2 aromatic rings. The van der Waals surface area contributed by atoms with Crippen molar-refractivity contribution in [3.05, 3.63) is 46.2 Å². The van der Waals surface area contributed by atoms with Crippen LogP contribution in [-0.2, 0) is 11.3 Å². The Morgan fingerprint density at radius 1 is 1.40 bits per heavy atom. The Labute approximate surface area is 151 Å². The predicted molar refractivity (Wildman–Crippen MR) is 95.4 cm³/mol. The molecule has 25 heavy (non-hydrogen) atoms. The monoisotopic (exact) mass is 358 g/mol. The van der Waals surface area contributed by atoms with Crippen LogP contribution in [0.3, 0.4) is 0 Å². The number of hydrogen-bond acceptors (Lipinski definition) is 6. The summed E-state index contributed by atoms with van der Waals surface area (Å²) < 4.78 is 5.99. The molecule has 0 unspecified atom stereocenters. The van der Waals surface area contributed by atoms with Gasteiger partial charge in [-0.05, 0) is 19.1 Å². The smallest absolute Gasteiger partial charge is 0.251 e. The Balaban J connectivity index is 1.31. The fourth-order valence-electron chi connectivity index (χ4n) is 3.73. The minimum atomic E-state index is -0.0408. The maximum absolute atomic E-state index is 12.2. The van der Waals surface area contributed by atoms with Crippen LogP contribution < -0.4 is 5.32 Å². The molecule has 3 atom stereocenters. The van der Waals surface area contributed by atoms with Crippen molar-refractivity contribution < 1.29 is 9.53 Å². The average Bonchev–Trinajstić information content (AvgIpc) is 3.31. The predicted octanol–water partition coefficient (Wildman–Crippen LogP) is 1.72. The zero-order chi connectivity index (χ0) is 17.2. The molecule has 2 aliphatic rings. The molecule has 0 saturated carbocycles. The number of rotatable bonds is 5. The van der Waals surface area contributed by atoms with Crippen LogP contribution in [0.4, 0.5) is 0 Å². The quantitative estimate of drug-likeness (QED) is 0.882. The van der Waals surface area contributed by atoms with E-state index >= 15 is 0 Å². The molecule has 132 valence electrons. The second-order valence-electron chi connectivity index (χ2n) is 6.80. The number of likely N-dealkylation sites (tertiary alicyclic amines) is 1. The lowest BCUT2D eigenvalue weighted by molar-refractivity contribution is 0.0904. The first-order valence-corrected chi connectivity index (χ1v) is 9.50. The molecule has 0 radical (unpaired) electrons. The number of aromatic nitrogens is 2. The van der Waals surface area contributed by atoms with Gasteiger partial charge in [0.25, 0.3) is 5.91 Å². The van der Waals surface area contributed by atoms with Crippen LogP contribution in [0.15, 0.2) is 30.0 Å². The average molecular weight is 358 g/mol. The van der Waals surface area contributed by atoms with Crippen LogP contribution in [0.5, 0.6) is 0 Å². The summed E-state index contributed by atoms with van der Waals surface area (Å²) in [5.41, 5.74) is 3.69. The highest BCUT2D eigenvalue weighted by molar-refractivity contribution is 7.09. The van der Waals surface area contributed by atoms with Crippen LogP contribution in [0, 0.1) is 18.8 Å². The van der Waals surface area contributed by atoms with Crippen molar-refractivity contribution in [2.45, 2.75) is 19.6 Å². The van der Waals surface area contributed by atoms with E-state index in [1.807, 2.05) is 5.51 Å². The van der Waals surface area contributed by atoms with Gasteiger partial charge in [0.05, 0.1) is 23.9 Å². The molecule has 2 fully saturated rings. The summed E-state index contributed by atoms with van der Waals surface area (Å²) in [4.78, 5) is 24.3. The zero-order valence-corrected chi connectivity index (χ0v) is 15.0. The molecule has 0 spiro atoms. The number of nitrogens with zero attached hydrogens (tertiary/aromatic N) is 3. The summed E-state index contributed by atoms with van der Waals surface area (Å²) in [6.07, 6.45) is 3.57. The topological polar surface area (TPSA) is 67.4 Å². The number of carbonyl (C=O) groups is 1. The number of fused-ring (bicyclic) bond motifs is 1. The highest BCUT2D eigenvalue weighted by Crippen LogP contribution is 2.34. The third-order valence-corrected chi connectivity index (χ3v) is 6.11. The Kier molecular flexibility index (Phi) is 4.78. The van der Waals surface area contributed by atoms with Crippen LogP contribution >= 0.6 is 11.3 Å². The molecule has 7 heteroatoms. The van der Waals surface area contributed by atoms with Crippen molar-refractivity contribution in [2.75, 3.05) is 26.2 Å². The second-order valence-corrected chi connectivity index (χ2v) is 7.74. The molecule has 0 aromatic carbocycles. The van der Waals surface area contributed by atoms with Gasteiger partial charge in [-0.15, -0.1) is 11.3 Å². The molecule has 1 amide bonds. The minimum Gasteiger partial charge on any atom is -0.376 e. The Bertz CT molecular complexity index is 736. The summed E-state index contributed by atoms with van der Waals surface area (Å²) in [6, 6.07) is 3.47. The fraction of sp³-hybridized carbons (Fsp3) is 0.500. The maximum atomic E-state index is 12.2. The Morgan fingerprint density at radius 2 is 2.24 bits per heavy atom. The number of carbonyl (C=O) groups excluding carboxylic acids is 1. The zero-order valence-electron chi connectivity index (χ0n) is 14.2. The third-order valence-electron chi connectivity index (χ3n) is 5.19. The second kappa shape index (κ2) is 7.19. The van der Waals surface area contributed by atoms with Gasteiger partial charge >= 0.3 is 0 Å². The normalized spacial score (nSPS) is 25.9.